The van der Waals surface area contributed by atoms with E-state index in [1.165, 1.54) is 12.8 Å². The largest absolute Gasteiger partial charge is 0.390 e. The van der Waals surface area contributed by atoms with Crippen LogP contribution < -0.4 is 5.48 Å². The lowest BCUT2D eigenvalue weighted by molar-refractivity contribution is -0.0147. The molecule has 1 fully saturated rings. The molecule has 2 N–H and O–H groups in total. The van der Waals surface area contributed by atoms with Crippen LogP contribution in [-0.4, -0.2) is 62.6 Å². The number of aliphatic hydroxyl groups excluding tert-OH is 1. The lowest BCUT2D eigenvalue weighted by Gasteiger charge is -2.19. The zero-order valence-corrected chi connectivity index (χ0v) is 9.45. The van der Waals surface area contributed by atoms with Crippen molar-refractivity contribution >= 4 is 0 Å². The minimum absolute atomic E-state index is 0.356. The molecule has 0 aromatic heterocycles. The first-order valence-corrected chi connectivity index (χ1v) is 5.57. The molecule has 90 valence electrons. The Bertz CT molecular complexity index is 152. The first-order chi connectivity index (χ1) is 7.33. The van der Waals surface area contributed by atoms with Crippen LogP contribution in [0.15, 0.2) is 0 Å². The van der Waals surface area contributed by atoms with Crippen molar-refractivity contribution in [1.29, 1.82) is 0 Å². The summed E-state index contributed by atoms with van der Waals surface area (Å²) < 4.78 is 4.82. The number of methoxy groups -OCH3 is 1. The van der Waals surface area contributed by atoms with Crippen molar-refractivity contribution in [3.63, 3.8) is 0 Å². The molecule has 5 heteroatoms. The molecule has 1 rings (SSSR count). The Hall–Kier alpha value is -0.200. The van der Waals surface area contributed by atoms with E-state index in [0.29, 0.717) is 19.8 Å². The molecule has 1 atom stereocenters. The van der Waals surface area contributed by atoms with Crippen molar-refractivity contribution in [3.8, 4) is 0 Å². The second-order valence-corrected chi connectivity index (χ2v) is 3.85. The van der Waals surface area contributed by atoms with Crippen LogP contribution in [0.3, 0.4) is 0 Å². The topological polar surface area (TPSA) is 54.0 Å². The molecule has 0 aromatic rings. The van der Waals surface area contributed by atoms with E-state index in [9.17, 15) is 5.11 Å². The van der Waals surface area contributed by atoms with E-state index in [-0.39, 0.29) is 6.10 Å². The van der Waals surface area contributed by atoms with Gasteiger partial charge in [0.15, 0.2) is 0 Å². The zero-order valence-electron chi connectivity index (χ0n) is 9.45. The van der Waals surface area contributed by atoms with Gasteiger partial charge < -0.3 is 14.7 Å². The Kier molecular flexibility index (Phi) is 6.87. The van der Waals surface area contributed by atoms with Crippen LogP contribution in [0.2, 0.25) is 0 Å². The molecule has 5 nitrogen and oxygen atoms in total. The van der Waals surface area contributed by atoms with Gasteiger partial charge in [0.05, 0.1) is 19.3 Å². The van der Waals surface area contributed by atoms with Crippen molar-refractivity contribution in [2.24, 2.45) is 0 Å². The average molecular weight is 218 g/mol. The monoisotopic (exact) mass is 218 g/mol. The Morgan fingerprint density at radius 2 is 2.07 bits per heavy atom. The summed E-state index contributed by atoms with van der Waals surface area (Å²) >= 11 is 0. The van der Waals surface area contributed by atoms with Crippen molar-refractivity contribution in [2.45, 2.75) is 18.9 Å². The number of hydrogen-bond donors (Lipinski definition) is 2. The molecule has 15 heavy (non-hydrogen) atoms. The van der Waals surface area contributed by atoms with Crippen LogP contribution in [0.25, 0.3) is 0 Å². The fourth-order valence-electron chi connectivity index (χ4n) is 1.68. The van der Waals surface area contributed by atoms with Gasteiger partial charge in [-0.15, -0.1) is 0 Å². The predicted octanol–water partition coefficient (Wildman–Crippen LogP) is -0.389. The summed E-state index contributed by atoms with van der Waals surface area (Å²) in [7, 11) is 1.63. The normalized spacial score (nSPS) is 19.6. The van der Waals surface area contributed by atoms with Crippen molar-refractivity contribution in [2.75, 3.05) is 46.5 Å². The summed E-state index contributed by atoms with van der Waals surface area (Å²) in [5.74, 6) is 0. The van der Waals surface area contributed by atoms with Crippen molar-refractivity contribution < 1.29 is 14.7 Å². The Morgan fingerprint density at radius 1 is 1.33 bits per heavy atom. The summed E-state index contributed by atoms with van der Waals surface area (Å²) in [6, 6.07) is 0. The second kappa shape index (κ2) is 8.01. The first-order valence-electron chi connectivity index (χ1n) is 5.57. The molecule has 0 radical (unpaired) electrons. The minimum atomic E-state index is -0.356. The highest BCUT2D eigenvalue weighted by atomic mass is 16.7. The van der Waals surface area contributed by atoms with Crippen molar-refractivity contribution in [3.05, 3.63) is 0 Å². The van der Waals surface area contributed by atoms with E-state index in [2.05, 4.69) is 10.4 Å². The molecule has 1 heterocycles. The number of nitrogens with one attached hydrogen (secondary N) is 1. The summed E-state index contributed by atoms with van der Waals surface area (Å²) in [5, 5.41) is 9.65. The van der Waals surface area contributed by atoms with Gasteiger partial charge in [0.1, 0.15) is 0 Å². The van der Waals surface area contributed by atoms with Gasteiger partial charge in [0.25, 0.3) is 0 Å². The maximum atomic E-state index is 9.65. The fraction of sp³-hybridized carbons (Fsp3) is 1.00. The molecule has 1 unspecified atom stereocenters. The van der Waals surface area contributed by atoms with Gasteiger partial charge in [-0.2, -0.15) is 5.48 Å². The third-order valence-corrected chi connectivity index (χ3v) is 2.48. The van der Waals surface area contributed by atoms with Crippen LogP contribution in [0, 0.1) is 0 Å². The van der Waals surface area contributed by atoms with Gasteiger partial charge in [-0.25, -0.2) is 0 Å². The van der Waals surface area contributed by atoms with E-state index < -0.39 is 0 Å². The number of rotatable bonds is 8. The molecule has 1 saturated heterocycles. The van der Waals surface area contributed by atoms with Gasteiger partial charge in [-0.3, -0.25) is 4.84 Å². The second-order valence-electron chi connectivity index (χ2n) is 3.85. The van der Waals surface area contributed by atoms with Gasteiger partial charge in [-0.05, 0) is 25.9 Å². The van der Waals surface area contributed by atoms with Crippen LogP contribution in [-0.2, 0) is 9.57 Å². The summed E-state index contributed by atoms with van der Waals surface area (Å²) in [5.41, 5.74) is 2.74. The maximum absolute atomic E-state index is 9.65. The van der Waals surface area contributed by atoms with Gasteiger partial charge in [-0.1, -0.05) is 0 Å². The minimum Gasteiger partial charge on any atom is -0.390 e. The smallest absolute Gasteiger partial charge is 0.0915 e. The number of hydrogen-bond acceptors (Lipinski definition) is 5. The Balaban J connectivity index is 1.91. The van der Waals surface area contributed by atoms with E-state index in [1.54, 1.807) is 7.11 Å². The van der Waals surface area contributed by atoms with Gasteiger partial charge in [0, 0.05) is 20.2 Å². The molecule has 0 bridgehead atoms. The van der Waals surface area contributed by atoms with Crippen molar-refractivity contribution in [1.82, 2.24) is 10.4 Å². The third-order valence-electron chi connectivity index (χ3n) is 2.48. The van der Waals surface area contributed by atoms with E-state index in [1.807, 2.05) is 0 Å². The molecular formula is C10H22N2O3. The highest BCUT2D eigenvalue weighted by Crippen LogP contribution is 2.07. The molecule has 1 aliphatic heterocycles. The fourth-order valence-corrected chi connectivity index (χ4v) is 1.68. The molecule has 0 aliphatic carbocycles. The lowest BCUT2D eigenvalue weighted by Crippen LogP contribution is -2.37. The number of hydroxylamine groups is 1. The number of β-amino-alcohol motifs (C(OH)–C–C–N with tert-alkyl or cyclic N) is 1. The van der Waals surface area contributed by atoms with Crippen LogP contribution in [0.1, 0.15) is 12.8 Å². The van der Waals surface area contributed by atoms with E-state index in [0.717, 1.165) is 19.6 Å². The number of aliphatic hydroxyl groups is 1. The molecule has 0 saturated carbocycles. The van der Waals surface area contributed by atoms with E-state index >= 15 is 0 Å². The van der Waals surface area contributed by atoms with Crippen LogP contribution in [0.4, 0.5) is 0 Å². The average Bonchev–Trinajstić information content (AvgIpc) is 2.70. The molecular weight excluding hydrogens is 196 g/mol. The summed E-state index contributed by atoms with van der Waals surface area (Å²) in [6.07, 6.45) is 2.15. The standard InChI is InChI=1S/C10H22N2O3/c1-14-6-7-15-11-8-10(13)9-12-4-2-3-5-12/h10-11,13H,2-9H2,1H3. The first kappa shape index (κ1) is 12.9. The Morgan fingerprint density at radius 3 is 2.73 bits per heavy atom. The zero-order chi connectivity index (χ0) is 10.9. The molecule has 0 aromatic carbocycles. The number of ether oxygens (including phenoxy) is 1. The quantitative estimate of drug-likeness (QED) is 0.429. The highest BCUT2D eigenvalue weighted by Gasteiger charge is 2.15. The molecule has 0 spiro atoms. The highest BCUT2D eigenvalue weighted by molar-refractivity contribution is 4.70. The third kappa shape index (κ3) is 6.06. The van der Waals surface area contributed by atoms with Crippen LogP contribution in [0.5, 0.6) is 0 Å². The summed E-state index contributed by atoms with van der Waals surface area (Å²) in [4.78, 5) is 7.33. The van der Waals surface area contributed by atoms with E-state index in [4.69, 9.17) is 9.57 Å². The maximum Gasteiger partial charge on any atom is 0.0915 e. The lowest BCUT2D eigenvalue weighted by atomic mass is 10.3. The van der Waals surface area contributed by atoms with Gasteiger partial charge >= 0.3 is 0 Å². The SMILES string of the molecule is COCCONCC(O)CN1CCCC1. The Labute approximate surface area is 91.3 Å². The summed E-state index contributed by atoms with van der Waals surface area (Å²) in [6.45, 7) is 4.51. The predicted molar refractivity (Wildman–Crippen MR) is 57.5 cm³/mol. The van der Waals surface area contributed by atoms with Crippen LogP contribution >= 0.6 is 0 Å². The number of nitrogens with zero attached hydrogens (tertiary/aromatic N) is 1. The molecule has 0 amide bonds. The molecule has 1 aliphatic rings. The number of likely N-dealkylation sites (tertiary alicyclic amines) is 1. The van der Waals surface area contributed by atoms with Gasteiger partial charge in [0.2, 0.25) is 0 Å².